The predicted molar refractivity (Wildman–Crippen MR) is 61.9 cm³/mol. The molecule has 0 fully saturated rings. The van der Waals surface area contributed by atoms with Crippen LogP contribution in [0.25, 0.3) is 0 Å². The number of ether oxygens (including phenoxy) is 2. The zero-order valence-electron chi connectivity index (χ0n) is 10.5. The van der Waals surface area contributed by atoms with Gasteiger partial charge in [0.1, 0.15) is 0 Å². The van der Waals surface area contributed by atoms with Crippen molar-refractivity contribution in [3.8, 4) is 0 Å². The molecule has 0 amide bonds. The summed E-state index contributed by atoms with van der Waals surface area (Å²) in [7, 11) is 0. The third kappa shape index (κ3) is 6.88. The summed E-state index contributed by atoms with van der Waals surface area (Å²) in [6.07, 6.45) is 1.45. The fourth-order valence-electron chi connectivity index (χ4n) is 1.66. The Bertz CT molecular complexity index is 137. The molecule has 0 aromatic carbocycles. The summed E-state index contributed by atoms with van der Waals surface area (Å²) in [5.41, 5.74) is 0. The quantitative estimate of drug-likeness (QED) is 0.602. The molecule has 0 aromatic heterocycles. The number of aliphatic hydroxyl groups excluding tert-OH is 1. The SMILES string of the molecule is CCC(C)C(OCCOCCO)C(C)C. The van der Waals surface area contributed by atoms with E-state index in [9.17, 15) is 0 Å². The second-order valence-corrected chi connectivity index (χ2v) is 4.30. The molecule has 0 rings (SSSR count). The van der Waals surface area contributed by atoms with Gasteiger partial charge in [0.05, 0.1) is 32.5 Å². The lowest BCUT2D eigenvalue weighted by molar-refractivity contribution is -0.0435. The Hall–Kier alpha value is -0.120. The average molecular weight is 218 g/mol. The van der Waals surface area contributed by atoms with Gasteiger partial charge in [-0.05, 0) is 11.8 Å². The minimum absolute atomic E-state index is 0.0823. The Labute approximate surface area is 93.8 Å². The molecule has 0 radical (unpaired) electrons. The van der Waals surface area contributed by atoms with E-state index in [1.54, 1.807) is 0 Å². The van der Waals surface area contributed by atoms with Crippen LogP contribution in [0, 0.1) is 11.8 Å². The maximum Gasteiger partial charge on any atom is 0.0704 e. The zero-order valence-corrected chi connectivity index (χ0v) is 10.5. The van der Waals surface area contributed by atoms with Crippen LogP contribution in [-0.2, 0) is 9.47 Å². The fourth-order valence-corrected chi connectivity index (χ4v) is 1.66. The van der Waals surface area contributed by atoms with Gasteiger partial charge in [0.25, 0.3) is 0 Å². The van der Waals surface area contributed by atoms with E-state index in [0.29, 0.717) is 37.8 Å². The summed E-state index contributed by atoms with van der Waals surface area (Å²) >= 11 is 0. The van der Waals surface area contributed by atoms with E-state index < -0.39 is 0 Å². The van der Waals surface area contributed by atoms with Crippen molar-refractivity contribution < 1.29 is 14.6 Å². The first-order valence-electron chi connectivity index (χ1n) is 5.93. The molecule has 92 valence electrons. The van der Waals surface area contributed by atoms with Crippen molar-refractivity contribution in [3.05, 3.63) is 0 Å². The van der Waals surface area contributed by atoms with E-state index in [0.717, 1.165) is 6.42 Å². The highest BCUT2D eigenvalue weighted by Gasteiger charge is 2.19. The topological polar surface area (TPSA) is 38.7 Å². The van der Waals surface area contributed by atoms with Crippen molar-refractivity contribution in [2.24, 2.45) is 11.8 Å². The minimum atomic E-state index is 0.0823. The number of rotatable bonds is 9. The first kappa shape index (κ1) is 14.9. The van der Waals surface area contributed by atoms with Gasteiger partial charge in [-0.1, -0.05) is 34.1 Å². The minimum Gasteiger partial charge on any atom is -0.394 e. The third-order valence-electron chi connectivity index (χ3n) is 2.64. The van der Waals surface area contributed by atoms with E-state index in [1.165, 1.54) is 0 Å². The molecule has 0 aliphatic carbocycles. The highest BCUT2D eigenvalue weighted by atomic mass is 16.5. The molecule has 0 bridgehead atoms. The van der Waals surface area contributed by atoms with Gasteiger partial charge in [-0.15, -0.1) is 0 Å². The van der Waals surface area contributed by atoms with E-state index in [4.69, 9.17) is 14.6 Å². The highest BCUT2D eigenvalue weighted by Crippen LogP contribution is 2.19. The molecule has 0 spiro atoms. The van der Waals surface area contributed by atoms with Crippen LogP contribution in [0.5, 0.6) is 0 Å². The van der Waals surface area contributed by atoms with Gasteiger partial charge in [-0.25, -0.2) is 0 Å². The highest BCUT2D eigenvalue weighted by molar-refractivity contribution is 4.68. The Morgan fingerprint density at radius 3 is 2.20 bits per heavy atom. The summed E-state index contributed by atoms with van der Waals surface area (Å²) in [6.45, 7) is 10.5. The predicted octanol–water partition coefficient (Wildman–Crippen LogP) is 2.08. The van der Waals surface area contributed by atoms with Crippen LogP contribution in [0.3, 0.4) is 0 Å². The maximum absolute atomic E-state index is 8.52. The largest absolute Gasteiger partial charge is 0.394 e. The van der Waals surface area contributed by atoms with Crippen LogP contribution in [0.4, 0.5) is 0 Å². The van der Waals surface area contributed by atoms with E-state index in [1.807, 2.05) is 0 Å². The summed E-state index contributed by atoms with van der Waals surface area (Å²) < 4.78 is 10.9. The molecule has 2 unspecified atom stereocenters. The van der Waals surface area contributed by atoms with Crippen LogP contribution >= 0.6 is 0 Å². The molecule has 0 aliphatic rings. The number of aliphatic hydroxyl groups is 1. The first-order chi connectivity index (χ1) is 7.13. The summed E-state index contributed by atoms with van der Waals surface area (Å²) in [4.78, 5) is 0. The molecule has 0 saturated carbocycles. The molecule has 1 N–H and O–H groups in total. The van der Waals surface area contributed by atoms with Gasteiger partial charge in [-0.2, -0.15) is 0 Å². The first-order valence-corrected chi connectivity index (χ1v) is 5.93. The van der Waals surface area contributed by atoms with Crippen molar-refractivity contribution in [1.29, 1.82) is 0 Å². The van der Waals surface area contributed by atoms with Crippen LogP contribution in [0.1, 0.15) is 34.1 Å². The molecule has 3 heteroatoms. The van der Waals surface area contributed by atoms with Gasteiger partial charge in [0.2, 0.25) is 0 Å². The smallest absolute Gasteiger partial charge is 0.0704 e. The normalized spacial score (nSPS) is 15.6. The van der Waals surface area contributed by atoms with Gasteiger partial charge in [0, 0.05) is 0 Å². The Morgan fingerprint density at radius 2 is 1.73 bits per heavy atom. The molecular formula is C12H26O3. The number of hydrogen-bond acceptors (Lipinski definition) is 3. The number of hydrogen-bond donors (Lipinski definition) is 1. The van der Waals surface area contributed by atoms with Gasteiger partial charge >= 0.3 is 0 Å². The van der Waals surface area contributed by atoms with Crippen LogP contribution in [-0.4, -0.2) is 37.6 Å². The van der Waals surface area contributed by atoms with Crippen LogP contribution < -0.4 is 0 Å². The Morgan fingerprint density at radius 1 is 1.07 bits per heavy atom. The van der Waals surface area contributed by atoms with Crippen molar-refractivity contribution >= 4 is 0 Å². The van der Waals surface area contributed by atoms with Crippen molar-refractivity contribution in [3.63, 3.8) is 0 Å². The lowest BCUT2D eigenvalue weighted by Crippen LogP contribution is -2.28. The molecule has 0 heterocycles. The van der Waals surface area contributed by atoms with Crippen molar-refractivity contribution in [2.75, 3.05) is 26.4 Å². The molecule has 0 aliphatic heterocycles. The molecule has 2 atom stereocenters. The average Bonchev–Trinajstić information content (AvgIpc) is 2.22. The van der Waals surface area contributed by atoms with Gasteiger partial charge in [0.15, 0.2) is 0 Å². The fraction of sp³-hybridized carbons (Fsp3) is 1.00. The standard InChI is InChI=1S/C12H26O3/c1-5-11(4)12(10(2)3)15-9-8-14-7-6-13/h10-13H,5-9H2,1-4H3. The third-order valence-corrected chi connectivity index (χ3v) is 2.64. The van der Waals surface area contributed by atoms with E-state index >= 15 is 0 Å². The van der Waals surface area contributed by atoms with Crippen molar-refractivity contribution in [1.82, 2.24) is 0 Å². The van der Waals surface area contributed by atoms with Crippen LogP contribution in [0.2, 0.25) is 0 Å². The molecule has 15 heavy (non-hydrogen) atoms. The Kier molecular flexibility index (Phi) is 9.06. The lowest BCUT2D eigenvalue weighted by atomic mass is 9.93. The maximum atomic E-state index is 8.52. The Balaban J connectivity index is 3.67. The van der Waals surface area contributed by atoms with Crippen molar-refractivity contribution in [2.45, 2.75) is 40.2 Å². The molecule has 0 saturated heterocycles. The van der Waals surface area contributed by atoms with E-state index in [-0.39, 0.29) is 6.61 Å². The second-order valence-electron chi connectivity index (χ2n) is 4.30. The monoisotopic (exact) mass is 218 g/mol. The summed E-state index contributed by atoms with van der Waals surface area (Å²) in [6, 6.07) is 0. The molecular weight excluding hydrogens is 192 g/mol. The van der Waals surface area contributed by atoms with E-state index in [2.05, 4.69) is 27.7 Å². The molecule has 0 aromatic rings. The second kappa shape index (κ2) is 9.13. The van der Waals surface area contributed by atoms with Gasteiger partial charge in [-0.3, -0.25) is 0 Å². The van der Waals surface area contributed by atoms with Crippen LogP contribution in [0.15, 0.2) is 0 Å². The summed E-state index contributed by atoms with van der Waals surface area (Å²) in [5, 5.41) is 8.52. The lowest BCUT2D eigenvalue weighted by Gasteiger charge is -2.26. The van der Waals surface area contributed by atoms with Gasteiger partial charge < -0.3 is 14.6 Å². The summed E-state index contributed by atoms with van der Waals surface area (Å²) in [5.74, 6) is 1.13. The zero-order chi connectivity index (χ0) is 11.7. The molecule has 3 nitrogen and oxygen atoms in total.